The van der Waals surface area contributed by atoms with Crippen LogP contribution < -0.4 is 0 Å². The summed E-state index contributed by atoms with van der Waals surface area (Å²) in [7, 11) is 0. The monoisotopic (exact) mass is 603 g/mol. The molecule has 0 bridgehead atoms. The number of hydrogen-bond donors (Lipinski definition) is 1. The normalized spacial score (nSPS) is 21.4. The lowest BCUT2D eigenvalue weighted by Gasteiger charge is -2.41. The van der Waals surface area contributed by atoms with E-state index in [4.69, 9.17) is 0 Å². The Balaban J connectivity index is 0.000000657. The molecule has 2 unspecified atom stereocenters. The maximum atomic E-state index is 13.1. The van der Waals surface area contributed by atoms with Crippen LogP contribution in [0.2, 0.25) is 0 Å². The lowest BCUT2D eigenvalue weighted by Crippen LogP contribution is -2.48. The van der Waals surface area contributed by atoms with Gasteiger partial charge in [0.15, 0.2) is 0 Å². The second kappa shape index (κ2) is 17.1. The van der Waals surface area contributed by atoms with Crippen LogP contribution in [0.4, 0.5) is 5.69 Å². The van der Waals surface area contributed by atoms with E-state index >= 15 is 0 Å². The van der Waals surface area contributed by atoms with Crippen molar-refractivity contribution >= 4 is 17.6 Å². The Bertz CT molecular complexity index is 1170. The molecule has 238 valence electrons. The maximum absolute atomic E-state index is 13.1. The Hall–Kier alpha value is -3.52. The summed E-state index contributed by atoms with van der Waals surface area (Å²) in [6.07, 6.45) is 12.3. The zero-order chi connectivity index (χ0) is 31.3. The average molecular weight is 604 g/mol. The molecular weight excluding hydrogens is 554 g/mol. The number of nitro groups is 1. The lowest BCUT2D eigenvalue weighted by molar-refractivity contribution is -0.384. The second-order valence-corrected chi connectivity index (χ2v) is 12.9. The number of non-ortho nitro benzene ring substituents is 1. The molecule has 0 spiro atoms. The predicted octanol–water partition coefficient (Wildman–Crippen LogP) is 7.00. The van der Waals surface area contributed by atoms with E-state index in [-0.39, 0.29) is 23.6 Å². The van der Waals surface area contributed by atoms with Gasteiger partial charge in [0.2, 0.25) is 5.91 Å². The highest BCUT2D eigenvalue weighted by molar-refractivity contribution is 5.77. The molecule has 1 aliphatic heterocycles. The van der Waals surface area contributed by atoms with E-state index in [9.17, 15) is 24.8 Å². The number of carboxylic acids is 1. The van der Waals surface area contributed by atoms with Crippen molar-refractivity contribution in [2.24, 2.45) is 23.7 Å². The Morgan fingerprint density at radius 3 is 2.16 bits per heavy atom. The van der Waals surface area contributed by atoms with Crippen LogP contribution >= 0.6 is 0 Å². The minimum atomic E-state index is -0.594. The predicted molar refractivity (Wildman–Crippen MR) is 173 cm³/mol. The molecule has 8 nitrogen and oxygen atoms in total. The largest absolute Gasteiger partial charge is 0.481 e. The molecule has 0 aromatic heterocycles. The number of aryl methyl sites for hydroxylation is 1. The van der Waals surface area contributed by atoms with E-state index in [1.165, 1.54) is 31.4 Å². The molecule has 2 aromatic rings. The number of amides is 1. The fourth-order valence-electron chi connectivity index (χ4n) is 7.01. The molecule has 3 atom stereocenters. The first-order valence-electron chi connectivity index (χ1n) is 16.4. The van der Waals surface area contributed by atoms with Crippen molar-refractivity contribution in [1.82, 2.24) is 9.80 Å². The van der Waals surface area contributed by atoms with Crippen LogP contribution in [0.5, 0.6) is 0 Å². The Labute approximate surface area is 262 Å². The van der Waals surface area contributed by atoms with Gasteiger partial charge in [-0.25, -0.2) is 0 Å². The number of carbonyl (C=O) groups is 2. The number of carboxylic acid groups (broad SMARTS) is 1. The van der Waals surface area contributed by atoms with Gasteiger partial charge in [0.05, 0.1) is 10.8 Å². The summed E-state index contributed by atoms with van der Waals surface area (Å²) < 4.78 is 0. The van der Waals surface area contributed by atoms with Gasteiger partial charge in [-0.2, -0.15) is 0 Å². The number of benzene rings is 2. The number of piperidine rings is 1. The molecule has 5 rings (SSSR count). The molecule has 1 amide bonds. The molecule has 2 aromatic carbocycles. The number of carbonyl (C=O) groups excluding carboxylic acids is 1. The van der Waals surface area contributed by atoms with Crippen molar-refractivity contribution in [3.63, 3.8) is 0 Å². The van der Waals surface area contributed by atoms with Gasteiger partial charge < -0.3 is 14.9 Å². The molecule has 1 saturated heterocycles. The van der Waals surface area contributed by atoms with Gasteiger partial charge in [-0.15, -0.1) is 6.58 Å². The highest BCUT2D eigenvalue weighted by atomic mass is 16.6. The first-order valence-corrected chi connectivity index (χ1v) is 16.4. The number of nitro benzene ring substituents is 1. The summed E-state index contributed by atoms with van der Waals surface area (Å²) in [4.78, 5) is 40.0. The van der Waals surface area contributed by atoms with Gasteiger partial charge in [-0.1, -0.05) is 73.9 Å². The Morgan fingerprint density at radius 2 is 1.61 bits per heavy atom. The molecule has 44 heavy (non-hydrogen) atoms. The van der Waals surface area contributed by atoms with Gasteiger partial charge in [0, 0.05) is 50.8 Å². The number of aliphatic carboxylic acids is 1. The van der Waals surface area contributed by atoms with Crippen LogP contribution in [0.3, 0.4) is 0 Å². The van der Waals surface area contributed by atoms with Gasteiger partial charge >= 0.3 is 5.97 Å². The van der Waals surface area contributed by atoms with Crippen LogP contribution in [-0.2, 0) is 16.0 Å². The Kier molecular flexibility index (Phi) is 13.0. The zero-order valence-electron chi connectivity index (χ0n) is 26.0. The minimum absolute atomic E-state index is 0.0591. The smallest absolute Gasteiger partial charge is 0.306 e. The molecule has 1 heterocycles. The summed E-state index contributed by atoms with van der Waals surface area (Å²) in [6, 6.07) is 18.6. The summed E-state index contributed by atoms with van der Waals surface area (Å²) in [5.74, 6) is 0.877. The van der Waals surface area contributed by atoms with Gasteiger partial charge in [0.25, 0.3) is 5.69 Å². The molecule has 1 N–H and O–H groups in total. The number of likely N-dealkylation sites (tertiary alicyclic amines) is 1. The van der Waals surface area contributed by atoms with Gasteiger partial charge in [-0.05, 0) is 68.3 Å². The summed E-state index contributed by atoms with van der Waals surface area (Å²) >= 11 is 0. The van der Waals surface area contributed by atoms with Crippen LogP contribution in [0.25, 0.3) is 0 Å². The highest BCUT2D eigenvalue weighted by Gasteiger charge is 2.37. The van der Waals surface area contributed by atoms with Crippen LogP contribution in [-0.4, -0.2) is 63.9 Å². The van der Waals surface area contributed by atoms with Crippen LogP contribution in [0.15, 0.2) is 73.3 Å². The van der Waals surface area contributed by atoms with Crippen LogP contribution in [0.1, 0.15) is 69.8 Å². The fraction of sp³-hybridized carbons (Fsp3) is 0.556. The standard InChI is InChI=1S/C30H43N3O5.C6H6/c1-2-16-32(29(34)13-10-22-8-11-27(12-9-22)33(37)38)26-14-17-31(18-15-26)21-24-4-3-5-25(19-24)28(30(35)36)20-23-6-7-23;1-2-4-6-5-3-1/h2,8-9,11-12,23-26,28H,1,3-7,10,13-21H2,(H,35,36);1-6H/t24-,25?,28?;/m1./s1. The fourth-order valence-corrected chi connectivity index (χ4v) is 7.01. The van der Waals surface area contributed by atoms with Crippen molar-refractivity contribution in [2.45, 2.75) is 76.7 Å². The van der Waals surface area contributed by atoms with Gasteiger partial charge in [0.1, 0.15) is 0 Å². The topological polar surface area (TPSA) is 104 Å². The van der Waals surface area contributed by atoms with Crippen molar-refractivity contribution in [3.8, 4) is 0 Å². The van der Waals surface area contributed by atoms with E-state index in [0.29, 0.717) is 37.1 Å². The maximum Gasteiger partial charge on any atom is 0.306 e. The Morgan fingerprint density at radius 1 is 0.977 bits per heavy atom. The quantitative estimate of drug-likeness (QED) is 0.150. The lowest BCUT2D eigenvalue weighted by atomic mass is 9.73. The average Bonchev–Trinajstić information content (AvgIpc) is 3.88. The second-order valence-electron chi connectivity index (χ2n) is 12.9. The molecule has 8 heteroatoms. The number of nitrogens with zero attached hydrogens (tertiary/aromatic N) is 3. The molecule has 3 fully saturated rings. The third-order valence-corrected chi connectivity index (χ3v) is 9.60. The van der Waals surface area contributed by atoms with E-state index in [1.54, 1.807) is 18.2 Å². The third-order valence-electron chi connectivity index (χ3n) is 9.60. The zero-order valence-corrected chi connectivity index (χ0v) is 26.0. The molecule has 2 aliphatic carbocycles. The number of rotatable bonds is 13. The summed E-state index contributed by atoms with van der Waals surface area (Å²) in [5, 5.41) is 20.7. The first-order chi connectivity index (χ1) is 21.3. The van der Waals surface area contributed by atoms with E-state index in [1.807, 2.05) is 41.3 Å². The van der Waals surface area contributed by atoms with E-state index in [0.717, 1.165) is 63.7 Å². The summed E-state index contributed by atoms with van der Waals surface area (Å²) in [5.41, 5.74) is 0.981. The molecular formula is C36H49N3O5. The van der Waals surface area contributed by atoms with Crippen molar-refractivity contribution in [1.29, 1.82) is 0 Å². The first kappa shape index (κ1) is 33.4. The van der Waals surface area contributed by atoms with E-state index < -0.39 is 10.9 Å². The summed E-state index contributed by atoms with van der Waals surface area (Å²) in [6.45, 7) is 7.35. The van der Waals surface area contributed by atoms with Crippen molar-refractivity contribution < 1.29 is 19.6 Å². The highest BCUT2D eigenvalue weighted by Crippen LogP contribution is 2.42. The van der Waals surface area contributed by atoms with Gasteiger partial charge in [-0.3, -0.25) is 19.7 Å². The SMILES string of the molecule is C=CCN(C(=O)CCc1ccc([N+](=O)[O-])cc1)C1CCN(C[C@@H]2CCCC(C(CC3CC3)C(=O)O)C2)CC1.c1ccccc1. The molecule has 0 radical (unpaired) electrons. The van der Waals surface area contributed by atoms with Crippen molar-refractivity contribution in [3.05, 3.63) is 89.0 Å². The third kappa shape index (κ3) is 10.6. The number of hydrogen-bond acceptors (Lipinski definition) is 5. The molecule has 3 aliphatic rings. The van der Waals surface area contributed by atoms with Crippen LogP contribution in [0, 0.1) is 33.8 Å². The molecule has 2 saturated carbocycles. The minimum Gasteiger partial charge on any atom is -0.481 e. The van der Waals surface area contributed by atoms with E-state index in [2.05, 4.69) is 11.5 Å². The van der Waals surface area contributed by atoms with Crippen molar-refractivity contribution in [2.75, 3.05) is 26.2 Å².